The summed E-state index contributed by atoms with van der Waals surface area (Å²) in [5.41, 5.74) is 7.77. The summed E-state index contributed by atoms with van der Waals surface area (Å²) < 4.78 is 7.35. The molecule has 42 heavy (non-hydrogen) atoms. The molecule has 4 rings (SSSR count). The Hall–Kier alpha value is -4.98. The third-order valence-electron chi connectivity index (χ3n) is 6.96. The fourth-order valence-corrected chi connectivity index (χ4v) is 4.74. The van der Waals surface area contributed by atoms with Gasteiger partial charge in [0.05, 0.1) is 37.3 Å². The van der Waals surface area contributed by atoms with Crippen molar-refractivity contribution in [3.05, 3.63) is 60.1 Å². The second-order valence-corrected chi connectivity index (χ2v) is 9.88. The standard InChI is InChI=1S/C28H35N9O5/c1-5-23(39)36-8-6-7-20(16-36)37-15-19(13-31-37)32-28-30-14-21(25(29)40)26(34-28)33-24-17(2)11-18(12-22(24)42-4)27(41)35(3)9-10-38/h5,11-15,20,38H,1,6-10,16H2,2-4H3,(H2,29,40)(H2,30,32,33,34). The van der Waals surface area contributed by atoms with Crippen LogP contribution in [-0.2, 0) is 4.79 Å². The van der Waals surface area contributed by atoms with Gasteiger partial charge in [0.25, 0.3) is 11.8 Å². The number of aromatic nitrogens is 4. The second-order valence-electron chi connectivity index (χ2n) is 9.88. The maximum Gasteiger partial charge on any atom is 0.254 e. The molecule has 1 fully saturated rings. The van der Waals surface area contributed by atoms with E-state index in [0.29, 0.717) is 41.3 Å². The number of aliphatic hydroxyl groups is 1. The number of rotatable bonds is 11. The zero-order valence-electron chi connectivity index (χ0n) is 23.8. The monoisotopic (exact) mass is 577 g/mol. The summed E-state index contributed by atoms with van der Waals surface area (Å²) in [6.07, 6.45) is 7.80. The van der Waals surface area contributed by atoms with Crippen molar-refractivity contribution in [2.75, 3.05) is 51.0 Å². The number of primary amides is 1. The normalized spacial score (nSPS) is 14.7. The highest BCUT2D eigenvalue weighted by Gasteiger charge is 2.24. The van der Waals surface area contributed by atoms with E-state index >= 15 is 0 Å². The van der Waals surface area contributed by atoms with E-state index in [1.54, 1.807) is 41.9 Å². The number of amides is 3. The molecular formula is C28H35N9O5. The van der Waals surface area contributed by atoms with Crippen LogP contribution >= 0.6 is 0 Å². The van der Waals surface area contributed by atoms with Gasteiger partial charge in [0.15, 0.2) is 0 Å². The van der Waals surface area contributed by atoms with Crippen molar-refractivity contribution in [1.82, 2.24) is 29.5 Å². The second kappa shape index (κ2) is 13.1. The van der Waals surface area contributed by atoms with Crippen LogP contribution in [0.2, 0.25) is 0 Å². The van der Waals surface area contributed by atoms with Gasteiger partial charge >= 0.3 is 0 Å². The van der Waals surface area contributed by atoms with Gasteiger partial charge in [0, 0.05) is 44.6 Å². The minimum atomic E-state index is -0.734. The molecule has 0 saturated carbocycles. The summed E-state index contributed by atoms with van der Waals surface area (Å²) in [6.45, 7) is 6.60. The van der Waals surface area contributed by atoms with Gasteiger partial charge in [-0.3, -0.25) is 19.1 Å². The summed E-state index contributed by atoms with van der Waals surface area (Å²) in [5.74, 6) is -0.453. The van der Waals surface area contributed by atoms with Gasteiger partial charge in [-0.15, -0.1) is 0 Å². The Labute approximate surface area is 243 Å². The topological polar surface area (TPSA) is 181 Å². The summed E-state index contributed by atoms with van der Waals surface area (Å²) in [5, 5.41) is 19.8. The van der Waals surface area contributed by atoms with Crippen LogP contribution in [0.1, 0.15) is 45.2 Å². The highest BCUT2D eigenvalue weighted by Crippen LogP contribution is 2.34. The summed E-state index contributed by atoms with van der Waals surface area (Å²) in [4.78, 5) is 48.9. The molecule has 3 heterocycles. The Kier molecular flexibility index (Phi) is 9.37. The Balaban J connectivity index is 1.57. The van der Waals surface area contributed by atoms with E-state index in [0.717, 1.165) is 12.8 Å². The molecule has 1 aromatic carbocycles. The maximum absolute atomic E-state index is 12.8. The lowest BCUT2D eigenvalue weighted by Crippen LogP contribution is -2.39. The number of ether oxygens (including phenoxy) is 1. The molecule has 0 spiro atoms. The number of likely N-dealkylation sites (N-methyl/N-ethyl adjacent to an activating group) is 1. The molecule has 1 aliphatic rings. The molecule has 3 aromatic rings. The van der Waals surface area contributed by atoms with E-state index < -0.39 is 5.91 Å². The fraction of sp³-hybridized carbons (Fsp3) is 0.357. The number of nitrogens with zero attached hydrogens (tertiary/aromatic N) is 6. The summed E-state index contributed by atoms with van der Waals surface area (Å²) in [6, 6.07) is 3.26. The van der Waals surface area contributed by atoms with Gasteiger partial charge in [-0.25, -0.2) is 4.98 Å². The van der Waals surface area contributed by atoms with Crippen LogP contribution in [0.4, 0.5) is 23.1 Å². The van der Waals surface area contributed by atoms with Gasteiger partial charge in [-0.1, -0.05) is 6.58 Å². The number of methoxy groups -OCH3 is 1. The largest absolute Gasteiger partial charge is 0.495 e. The van der Waals surface area contributed by atoms with Crippen LogP contribution in [0, 0.1) is 6.92 Å². The molecule has 1 aliphatic heterocycles. The van der Waals surface area contributed by atoms with Crippen LogP contribution in [0.3, 0.4) is 0 Å². The lowest BCUT2D eigenvalue weighted by Gasteiger charge is -2.32. The Morgan fingerprint density at radius 1 is 1.29 bits per heavy atom. The number of benzene rings is 1. The van der Waals surface area contributed by atoms with Gasteiger partial charge in [0.2, 0.25) is 11.9 Å². The number of hydrogen-bond donors (Lipinski definition) is 4. The minimum Gasteiger partial charge on any atom is -0.495 e. The van der Waals surface area contributed by atoms with Crippen molar-refractivity contribution in [3.63, 3.8) is 0 Å². The van der Waals surface area contributed by atoms with Gasteiger partial charge < -0.3 is 36.0 Å². The molecule has 222 valence electrons. The molecule has 0 bridgehead atoms. The Morgan fingerprint density at radius 2 is 2.07 bits per heavy atom. The van der Waals surface area contributed by atoms with Crippen molar-refractivity contribution in [2.24, 2.45) is 5.73 Å². The number of nitrogens with two attached hydrogens (primary N) is 1. The molecule has 0 radical (unpaired) electrons. The maximum atomic E-state index is 12.8. The minimum absolute atomic E-state index is 0.0160. The predicted molar refractivity (Wildman–Crippen MR) is 156 cm³/mol. The molecule has 0 aliphatic carbocycles. The van der Waals surface area contributed by atoms with Gasteiger partial charge in [-0.05, 0) is 43.5 Å². The van der Waals surface area contributed by atoms with Crippen molar-refractivity contribution in [3.8, 4) is 5.75 Å². The number of aliphatic hydroxyl groups excluding tert-OH is 1. The highest BCUT2D eigenvalue weighted by atomic mass is 16.5. The number of nitrogens with one attached hydrogen (secondary N) is 2. The molecule has 5 N–H and O–H groups in total. The zero-order chi connectivity index (χ0) is 30.4. The molecule has 1 unspecified atom stereocenters. The van der Waals surface area contributed by atoms with E-state index in [1.165, 1.54) is 24.3 Å². The first-order valence-electron chi connectivity index (χ1n) is 13.4. The number of piperidine rings is 1. The first kappa shape index (κ1) is 30.0. The number of aryl methyl sites for hydroxylation is 1. The molecule has 2 aromatic heterocycles. The van der Waals surface area contributed by atoms with Gasteiger partial charge in [-0.2, -0.15) is 10.1 Å². The molecular weight excluding hydrogens is 542 g/mol. The van der Waals surface area contributed by atoms with E-state index in [4.69, 9.17) is 10.5 Å². The first-order chi connectivity index (χ1) is 20.1. The molecule has 1 atom stereocenters. The number of hydrogen-bond acceptors (Lipinski definition) is 10. The lowest BCUT2D eigenvalue weighted by atomic mass is 10.1. The number of carbonyl (C=O) groups is 3. The van der Waals surface area contributed by atoms with Crippen LogP contribution in [0.25, 0.3) is 0 Å². The Morgan fingerprint density at radius 3 is 2.76 bits per heavy atom. The van der Waals surface area contributed by atoms with E-state index in [2.05, 4.69) is 32.3 Å². The zero-order valence-corrected chi connectivity index (χ0v) is 23.8. The van der Waals surface area contributed by atoms with E-state index in [-0.39, 0.29) is 48.3 Å². The molecule has 14 heteroatoms. The summed E-state index contributed by atoms with van der Waals surface area (Å²) in [7, 11) is 3.06. The van der Waals surface area contributed by atoms with Crippen LogP contribution in [0.5, 0.6) is 5.75 Å². The van der Waals surface area contributed by atoms with E-state index in [1.807, 2.05) is 6.20 Å². The van der Waals surface area contributed by atoms with Crippen molar-refractivity contribution >= 4 is 40.9 Å². The Bertz CT molecular complexity index is 1490. The third-order valence-corrected chi connectivity index (χ3v) is 6.96. The number of carbonyl (C=O) groups excluding carboxylic acids is 3. The average molecular weight is 578 g/mol. The smallest absolute Gasteiger partial charge is 0.254 e. The van der Waals surface area contributed by atoms with Crippen molar-refractivity contribution < 1.29 is 24.2 Å². The SMILES string of the molecule is C=CC(=O)N1CCCC(n2cc(Nc3ncc(C(N)=O)c(Nc4c(C)cc(C(=O)N(C)CCO)cc4OC)n3)cn2)C1. The molecule has 1 saturated heterocycles. The highest BCUT2D eigenvalue weighted by molar-refractivity contribution is 5.99. The van der Waals surface area contributed by atoms with E-state index in [9.17, 15) is 19.5 Å². The first-order valence-corrected chi connectivity index (χ1v) is 13.4. The van der Waals surface area contributed by atoms with Crippen LogP contribution < -0.4 is 21.1 Å². The van der Waals surface area contributed by atoms with Crippen molar-refractivity contribution in [2.45, 2.75) is 25.8 Å². The number of anilines is 4. The van der Waals surface area contributed by atoms with Crippen molar-refractivity contribution in [1.29, 1.82) is 0 Å². The van der Waals surface area contributed by atoms with Crippen LogP contribution in [0.15, 0.2) is 43.4 Å². The van der Waals surface area contributed by atoms with Gasteiger partial charge in [0.1, 0.15) is 17.1 Å². The summed E-state index contributed by atoms with van der Waals surface area (Å²) >= 11 is 0. The third kappa shape index (κ3) is 6.66. The predicted octanol–water partition coefficient (Wildman–Crippen LogP) is 1.99. The lowest BCUT2D eigenvalue weighted by molar-refractivity contribution is -0.127. The average Bonchev–Trinajstić information content (AvgIpc) is 3.45. The molecule has 14 nitrogen and oxygen atoms in total. The number of likely N-dealkylation sites (tertiary alicyclic amines) is 1. The quantitative estimate of drug-likeness (QED) is 0.246. The fourth-order valence-electron chi connectivity index (χ4n) is 4.74. The molecule has 3 amide bonds. The van der Waals surface area contributed by atoms with Crippen LogP contribution in [-0.4, -0.2) is 92.8 Å².